The van der Waals surface area contributed by atoms with Crippen LogP contribution in [-0.4, -0.2) is 83.8 Å². The number of thiol groups is 1. The van der Waals surface area contributed by atoms with Crippen LogP contribution in [0.1, 0.15) is 19.3 Å². The van der Waals surface area contributed by atoms with Crippen LogP contribution in [0, 0.1) is 0 Å². The summed E-state index contributed by atoms with van der Waals surface area (Å²) < 4.78 is 0. The second kappa shape index (κ2) is 12.7. The Morgan fingerprint density at radius 1 is 0.964 bits per heavy atom. The first-order valence-electron chi connectivity index (χ1n) is 7.94. The van der Waals surface area contributed by atoms with E-state index in [1.54, 1.807) is 0 Å². The number of hydrogen-bond acceptors (Lipinski definition) is 8. The summed E-state index contributed by atoms with van der Waals surface area (Å²) in [6.07, 6.45) is -1.22. The molecular formula is C14H21BN4O8S. The fraction of sp³-hybridized carbons (Fsp3) is 0.571. The van der Waals surface area contributed by atoms with Crippen LogP contribution in [-0.2, 0) is 28.8 Å². The van der Waals surface area contributed by atoms with E-state index in [1.165, 1.54) is 0 Å². The third-order valence-corrected chi connectivity index (χ3v) is 3.63. The van der Waals surface area contributed by atoms with Gasteiger partial charge < -0.3 is 36.7 Å². The number of amides is 3. The molecule has 7 N–H and O–H groups in total. The quantitative estimate of drug-likeness (QED) is 0.117. The molecule has 14 heteroatoms. The van der Waals surface area contributed by atoms with Gasteiger partial charge in [-0.2, -0.15) is 12.6 Å². The molecule has 0 aromatic carbocycles. The van der Waals surface area contributed by atoms with Gasteiger partial charge in [0.2, 0.25) is 17.7 Å². The van der Waals surface area contributed by atoms with Crippen molar-refractivity contribution in [1.29, 1.82) is 0 Å². The zero-order valence-corrected chi connectivity index (χ0v) is 15.6. The average Bonchev–Trinajstić information content (AvgIpc) is 2.60. The summed E-state index contributed by atoms with van der Waals surface area (Å²) in [5.74, 6) is -5.65. The Morgan fingerprint density at radius 3 is 2.00 bits per heavy atom. The van der Waals surface area contributed by atoms with Gasteiger partial charge in [-0.25, -0.2) is 4.79 Å². The van der Waals surface area contributed by atoms with Gasteiger partial charge in [0.1, 0.15) is 18.1 Å². The third-order valence-electron chi connectivity index (χ3n) is 3.26. The normalized spacial score (nSPS) is 13.5. The minimum Gasteiger partial charge on any atom is -0.481 e. The van der Waals surface area contributed by atoms with Gasteiger partial charge in [0.25, 0.3) is 0 Å². The van der Waals surface area contributed by atoms with E-state index in [-0.39, 0.29) is 25.1 Å². The first kappa shape index (κ1) is 25.4. The van der Waals surface area contributed by atoms with Crippen molar-refractivity contribution in [2.45, 2.75) is 37.4 Å². The van der Waals surface area contributed by atoms with Crippen molar-refractivity contribution in [3.05, 3.63) is 0 Å². The van der Waals surface area contributed by atoms with Gasteiger partial charge in [-0.1, -0.05) is 0 Å². The molecule has 0 saturated carbocycles. The average molecular weight is 416 g/mol. The summed E-state index contributed by atoms with van der Waals surface area (Å²) in [5.41, 5.74) is 4.89. The van der Waals surface area contributed by atoms with E-state index in [0.717, 1.165) is 0 Å². The van der Waals surface area contributed by atoms with Crippen LogP contribution < -0.4 is 21.7 Å². The number of hydrogen-bond donors (Lipinski definition) is 7. The van der Waals surface area contributed by atoms with Crippen LogP contribution >= 0.6 is 12.6 Å². The second-order valence-electron chi connectivity index (χ2n) is 5.62. The number of nitrogens with two attached hydrogens (primary N) is 1. The predicted octanol–water partition coefficient (Wildman–Crippen LogP) is -3.64. The lowest BCUT2D eigenvalue weighted by molar-refractivity contribution is -0.143. The third kappa shape index (κ3) is 10.5. The molecule has 2 radical (unpaired) electrons. The van der Waals surface area contributed by atoms with E-state index in [4.69, 9.17) is 23.8 Å². The summed E-state index contributed by atoms with van der Waals surface area (Å²) in [6.45, 7) is -0.348. The second-order valence-corrected chi connectivity index (χ2v) is 5.98. The molecule has 0 spiro atoms. The van der Waals surface area contributed by atoms with Crippen molar-refractivity contribution in [3.8, 4) is 0 Å². The fourth-order valence-corrected chi connectivity index (χ4v) is 2.01. The summed E-state index contributed by atoms with van der Waals surface area (Å²) in [5, 5.41) is 24.2. The van der Waals surface area contributed by atoms with Crippen molar-refractivity contribution in [3.63, 3.8) is 0 Å². The minimum atomic E-state index is -1.59. The highest BCUT2D eigenvalue weighted by atomic mass is 32.1. The van der Waals surface area contributed by atoms with Crippen molar-refractivity contribution in [1.82, 2.24) is 16.0 Å². The van der Waals surface area contributed by atoms with Gasteiger partial charge in [0.05, 0.1) is 12.1 Å². The van der Waals surface area contributed by atoms with Crippen LogP contribution in [0.2, 0.25) is 0 Å². The minimum absolute atomic E-state index is 0.190. The van der Waals surface area contributed by atoms with E-state index in [9.17, 15) is 28.8 Å². The number of carbonyl (C=O) groups is 6. The predicted molar refractivity (Wildman–Crippen MR) is 98.6 cm³/mol. The number of carboxylic acid groups (broad SMARTS) is 2. The molecule has 0 aromatic rings. The molecule has 0 heterocycles. The lowest BCUT2D eigenvalue weighted by Gasteiger charge is -2.21. The van der Waals surface area contributed by atoms with Gasteiger partial charge in [-0.15, -0.1) is 0 Å². The molecule has 154 valence electrons. The first-order valence-corrected chi connectivity index (χ1v) is 8.57. The molecule has 0 saturated heterocycles. The molecule has 1 unspecified atom stereocenters. The number of aliphatic carboxylic acids is 2. The van der Waals surface area contributed by atoms with E-state index < -0.39 is 59.9 Å². The Balaban J connectivity index is 4.80. The van der Waals surface area contributed by atoms with Gasteiger partial charge in [0.15, 0.2) is 7.85 Å². The maximum atomic E-state index is 12.1. The molecule has 0 bridgehead atoms. The van der Waals surface area contributed by atoms with Crippen molar-refractivity contribution >= 4 is 55.8 Å². The lowest BCUT2D eigenvalue weighted by Crippen LogP contribution is -2.57. The number of nitrogens with one attached hydrogen (secondary N) is 3. The Bertz CT molecular complexity index is 632. The first-order chi connectivity index (χ1) is 13.0. The van der Waals surface area contributed by atoms with Crippen LogP contribution in [0.4, 0.5) is 0 Å². The zero-order chi connectivity index (χ0) is 21.9. The van der Waals surface area contributed by atoms with E-state index in [1.807, 2.05) is 5.32 Å². The molecule has 0 aromatic heterocycles. The summed E-state index contributed by atoms with van der Waals surface area (Å²) >= 11 is 3.76. The van der Waals surface area contributed by atoms with Gasteiger partial charge in [-0.05, 0) is 0 Å². The molecule has 12 nitrogen and oxygen atoms in total. The summed E-state index contributed by atoms with van der Waals surface area (Å²) in [7, 11) is 4.90. The molecule has 3 amide bonds. The van der Waals surface area contributed by atoms with Crippen LogP contribution in [0.15, 0.2) is 0 Å². The van der Waals surface area contributed by atoms with Crippen LogP contribution in [0.5, 0.6) is 0 Å². The van der Waals surface area contributed by atoms with E-state index in [0.29, 0.717) is 0 Å². The highest BCUT2D eigenvalue weighted by Crippen LogP contribution is 1.98. The monoisotopic (exact) mass is 416 g/mol. The molecule has 0 aliphatic rings. The topological polar surface area (TPSA) is 205 Å². The van der Waals surface area contributed by atoms with Gasteiger partial charge in [0, 0.05) is 25.1 Å². The van der Waals surface area contributed by atoms with E-state index >= 15 is 0 Å². The van der Waals surface area contributed by atoms with Crippen LogP contribution in [0.25, 0.3) is 0 Å². The summed E-state index contributed by atoms with van der Waals surface area (Å²) in [6, 6.07) is -4.31. The Kier molecular flexibility index (Phi) is 11.5. The largest absolute Gasteiger partial charge is 0.481 e. The summed E-state index contributed by atoms with van der Waals surface area (Å²) in [4.78, 5) is 68.0. The van der Waals surface area contributed by atoms with Crippen molar-refractivity contribution < 1.29 is 39.0 Å². The maximum Gasteiger partial charge on any atom is 0.327 e. The number of rotatable bonds is 13. The molecule has 0 rings (SSSR count). The Labute approximate surface area is 166 Å². The van der Waals surface area contributed by atoms with E-state index in [2.05, 4.69) is 23.3 Å². The number of carbonyl (C=O) groups excluding carboxylic acids is 4. The molecule has 0 fully saturated rings. The van der Waals surface area contributed by atoms with Crippen molar-refractivity contribution in [2.75, 3.05) is 12.3 Å². The lowest BCUT2D eigenvalue weighted by atomic mass is 9.98. The molecular weight excluding hydrogens is 395 g/mol. The van der Waals surface area contributed by atoms with Crippen molar-refractivity contribution in [2.24, 2.45) is 5.73 Å². The zero-order valence-electron chi connectivity index (χ0n) is 14.7. The highest BCUT2D eigenvalue weighted by molar-refractivity contribution is 7.80. The molecule has 3 atom stereocenters. The van der Waals surface area contributed by atoms with Crippen LogP contribution in [0.3, 0.4) is 0 Å². The molecule has 0 aliphatic carbocycles. The smallest absolute Gasteiger partial charge is 0.327 e. The van der Waals surface area contributed by atoms with Gasteiger partial charge in [-0.3, -0.25) is 19.2 Å². The Morgan fingerprint density at radius 2 is 1.54 bits per heavy atom. The Hall–Kier alpha value is -2.61. The van der Waals surface area contributed by atoms with Gasteiger partial charge >= 0.3 is 11.9 Å². The number of carboxylic acids is 2. The SMILES string of the molecule is [B]C(=O)CCC(=O)NC[C@H](N)C(=O)N[C@@H](CC(=O)O)C(=O)NC(CS)C(=O)O. The standard InChI is InChI=1S/C14H21BN4O8S/c15-9(20)1-2-10(21)17-4-6(16)12(24)18-7(3-11(22)23)13(25)19-8(5-28)14(26)27/h6-8,28H,1-5,16H2,(H,17,21)(H,18,24)(H,19,25)(H,22,23)(H,26,27)/t6-,7-,8?/m0/s1. The molecule has 0 aliphatic heterocycles. The maximum absolute atomic E-state index is 12.1. The fourth-order valence-electron chi connectivity index (χ4n) is 1.76. The molecule has 28 heavy (non-hydrogen) atoms. The highest BCUT2D eigenvalue weighted by Gasteiger charge is 2.29.